The van der Waals surface area contributed by atoms with E-state index < -0.39 is 0 Å². The number of carbonyl (C=O) groups excluding carboxylic acids is 1. The van der Waals surface area contributed by atoms with Gasteiger partial charge in [0.1, 0.15) is 5.82 Å². The summed E-state index contributed by atoms with van der Waals surface area (Å²) in [6.07, 6.45) is 5.65. The highest BCUT2D eigenvalue weighted by Gasteiger charge is 2.12. The highest BCUT2D eigenvalue weighted by atomic mass is 16.1. The predicted molar refractivity (Wildman–Crippen MR) is 111 cm³/mol. The Balaban J connectivity index is 1.67. The summed E-state index contributed by atoms with van der Waals surface area (Å²) in [4.78, 5) is 17.2. The van der Waals surface area contributed by atoms with Crippen LogP contribution in [0.4, 0.5) is 0 Å². The van der Waals surface area contributed by atoms with Crippen molar-refractivity contribution in [2.45, 2.75) is 52.5 Å². The molecule has 27 heavy (non-hydrogen) atoms. The Bertz CT molecular complexity index is 898. The maximum atomic E-state index is 12.4. The second-order valence-corrected chi connectivity index (χ2v) is 7.05. The molecule has 0 aliphatic heterocycles. The zero-order valence-electron chi connectivity index (χ0n) is 16.4. The molecule has 0 spiro atoms. The van der Waals surface area contributed by atoms with Gasteiger partial charge >= 0.3 is 0 Å². The van der Waals surface area contributed by atoms with E-state index in [9.17, 15) is 4.79 Å². The van der Waals surface area contributed by atoms with Crippen molar-refractivity contribution in [1.82, 2.24) is 14.9 Å². The van der Waals surface area contributed by atoms with Crippen molar-refractivity contribution in [2.24, 2.45) is 0 Å². The summed E-state index contributed by atoms with van der Waals surface area (Å²) < 4.78 is 2.32. The lowest BCUT2D eigenvalue weighted by Crippen LogP contribution is -2.27. The number of hydrogen-bond donors (Lipinski definition) is 1. The number of benzene rings is 2. The molecule has 1 heterocycles. The Kier molecular flexibility index (Phi) is 6.64. The molecule has 0 radical (unpaired) electrons. The van der Waals surface area contributed by atoms with Gasteiger partial charge in [-0.15, -0.1) is 0 Å². The number of carbonyl (C=O) groups is 1. The van der Waals surface area contributed by atoms with E-state index in [0.29, 0.717) is 6.54 Å². The Labute approximate surface area is 161 Å². The molecule has 0 saturated carbocycles. The molecule has 2 aromatic carbocycles. The molecule has 0 aliphatic rings. The van der Waals surface area contributed by atoms with E-state index in [0.717, 1.165) is 41.9 Å². The number of fused-ring (bicyclic) bond motifs is 1. The van der Waals surface area contributed by atoms with Gasteiger partial charge < -0.3 is 9.88 Å². The Morgan fingerprint density at radius 3 is 2.63 bits per heavy atom. The quantitative estimate of drug-likeness (QED) is 0.550. The van der Waals surface area contributed by atoms with Crippen LogP contribution in [0.2, 0.25) is 0 Å². The van der Waals surface area contributed by atoms with Crippen LogP contribution in [0.25, 0.3) is 11.0 Å². The molecule has 4 heteroatoms. The van der Waals surface area contributed by atoms with Gasteiger partial charge in [0.15, 0.2) is 0 Å². The predicted octanol–water partition coefficient (Wildman–Crippen LogP) is 4.90. The molecule has 0 atom stereocenters. The van der Waals surface area contributed by atoms with E-state index in [1.807, 2.05) is 37.3 Å². The van der Waals surface area contributed by atoms with Gasteiger partial charge in [0.05, 0.1) is 11.0 Å². The third kappa shape index (κ3) is 4.76. The standard InChI is InChI=1S/C23H29N3O/c1-3-4-5-10-17-26-21-14-9-8-13-20(21)25-22(26)15-16-24-23(27)19-12-7-6-11-18(19)2/h6-9,11-14H,3-5,10,15-17H2,1-2H3,(H,24,27). The molecule has 0 aliphatic carbocycles. The van der Waals surface area contributed by atoms with Crippen molar-refractivity contribution in [3.05, 3.63) is 65.5 Å². The van der Waals surface area contributed by atoms with Crippen molar-refractivity contribution in [2.75, 3.05) is 6.54 Å². The van der Waals surface area contributed by atoms with Crippen molar-refractivity contribution < 1.29 is 4.79 Å². The zero-order chi connectivity index (χ0) is 19.1. The van der Waals surface area contributed by atoms with Gasteiger partial charge in [0.2, 0.25) is 0 Å². The molecule has 3 rings (SSSR count). The van der Waals surface area contributed by atoms with Crippen LogP contribution in [0.3, 0.4) is 0 Å². The molecule has 4 nitrogen and oxygen atoms in total. The number of amides is 1. The van der Waals surface area contributed by atoms with Gasteiger partial charge in [-0.2, -0.15) is 0 Å². The lowest BCUT2D eigenvalue weighted by molar-refractivity contribution is 0.0953. The van der Waals surface area contributed by atoms with E-state index in [1.54, 1.807) is 0 Å². The first-order chi connectivity index (χ1) is 13.2. The number of nitrogens with one attached hydrogen (secondary N) is 1. The minimum absolute atomic E-state index is 0.0151. The average Bonchev–Trinajstić information content (AvgIpc) is 3.03. The summed E-state index contributed by atoms with van der Waals surface area (Å²) >= 11 is 0. The van der Waals surface area contributed by atoms with Crippen LogP contribution in [-0.4, -0.2) is 22.0 Å². The van der Waals surface area contributed by atoms with E-state index in [1.165, 1.54) is 24.8 Å². The molecule has 3 aromatic rings. The van der Waals surface area contributed by atoms with Crippen LogP contribution in [-0.2, 0) is 13.0 Å². The fraction of sp³-hybridized carbons (Fsp3) is 0.391. The number of rotatable bonds is 9. The van der Waals surface area contributed by atoms with Gasteiger partial charge in [0, 0.05) is 25.1 Å². The van der Waals surface area contributed by atoms with Crippen molar-refractivity contribution >= 4 is 16.9 Å². The Morgan fingerprint density at radius 2 is 1.81 bits per heavy atom. The first-order valence-corrected chi connectivity index (χ1v) is 9.98. The normalized spacial score (nSPS) is 11.0. The molecular formula is C23H29N3O. The minimum atomic E-state index is -0.0151. The number of imidazole rings is 1. The second-order valence-electron chi connectivity index (χ2n) is 7.05. The van der Waals surface area contributed by atoms with E-state index >= 15 is 0 Å². The summed E-state index contributed by atoms with van der Waals surface area (Å²) in [6.45, 7) is 5.77. The number of aromatic nitrogens is 2. The maximum absolute atomic E-state index is 12.4. The van der Waals surface area contributed by atoms with Crippen molar-refractivity contribution in [3.8, 4) is 0 Å². The summed E-state index contributed by atoms with van der Waals surface area (Å²) in [6, 6.07) is 16.0. The van der Waals surface area contributed by atoms with Gasteiger partial charge in [-0.05, 0) is 37.1 Å². The minimum Gasteiger partial charge on any atom is -0.352 e. The third-order valence-electron chi connectivity index (χ3n) is 4.99. The lowest BCUT2D eigenvalue weighted by Gasteiger charge is -2.10. The molecule has 1 aromatic heterocycles. The topological polar surface area (TPSA) is 46.9 Å². The fourth-order valence-electron chi connectivity index (χ4n) is 3.47. The van der Waals surface area contributed by atoms with Crippen LogP contribution >= 0.6 is 0 Å². The fourth-order valence-corrected chi connectivity index (χ4v) is 3.47. The Morgan fingerprint density at radius 1 is 1.04 bits per heavy atom. The lowest BCUT2D eigenvalue weighted by atomic mass is 10.1. The third-order valence-corrected chi connectivity index (χ3v) is 4.99. The van der Waals surface area contributed by atoms with Crippen molar-refractivity contribution in [1.29, 1.82) is 0 Å². The smallest absolute Gasteiger partial charge is 0.251 e. The van der Waals surface area contributed by atoms with Crippen LogP contribution in [0.5, 0.6) is 0 Å². The summed E-state index contributed by atoms with van der Waals surface area (Å²) in [7, 11) is 0. The summed E-state index contributed by atoms with van der Waals surface area (Å²) in [5.74, 6) is 1.04. The number of unbranched alkanes of at least 4 members (excludes halogenated alkanes) is 3. The first kappa shape index (κ1) is 19.2. The van der Waals surface area contributed by atoms with Gasteiger partial charge in [-0.1, -0.05) is 56.5 Å². The molecule has 1 N–H and O–H groups in total. The highest BCUT2D eigenvalue weighted by molar-refractivity contribution is 5.95. The monoisotopic (exact) mass is 363 g/mol. The number of hydrogen-bond acceptors (Lipinski definition) is 2. The zero-order valence-corrected chi connectivity index (χ0v) is 16.4. The van der Waals surface area contributed by atoms with Crippen LogP contribution in [0, 0.1) is 6.92 Å². The van der Waals surface area contributed by atoms with Crippen LogP contribution in [0.1, 0.15) is 54.4 Å². The SMILES string of the molecule is CCCCCCn1c(CCNC(=O)c2ccccc2C)nc2ccccc21. The molecule has 0 unspecified atom stereocenters. The Hall–Kier alpha value is -2.62. The van der Waals surface area contributed by atoms with Crippen LogP contribution < -0.4 is 5.32 Å². The van der Waals surface area contributed by atoms with E-state index in [-0.39, 0.29) is 5.91 Å². The second kappa shape index (κ2) is 9.36. The molecule has 142 valence electrons. The van der Waals surface area contributed by atoms with E-state index in [4.69, 9.17) is 4.98 Å². The summed E-state index contributed by atoms with van der Waals surface area (Å²) in [5.41, 5.74) is 3.96. The molecule has 0 bridgehead atoms. The van der Waals surface area contributed by atoms with Crippen molar-refractivity contribution in [3.63, 3.8) is 0 Å². The van der Waals surface area contributed by atoms with Gasteiger partial charge in [0.25, 0.3) is 5.91 Å². The molecule has 0 saturated heterocycles. The number of aryl methyl sites for hydroxylation is 2. The highest BCUT2D eigenvalue weighted by Crippen LogP contribution is 2.18. The maximum Gasteiger partial charge on any atom is 0.251 e. The molecule has 0 fully saturated rings. The van der Waals surface area contributed by atoms with Crippen LogP contribution in [0.15, 0.2) is 48.5 Å². The largest absolute Gasteiger partial charge is 0.352 e. The van der Waals surface area contributed by atoms with E-state index in [2.05, 4.69) is 35.0 Å². The molecular weight excluding hydrogens is 334 g/mol. The number of para-hydroxylation sites is 2. The number of nitrogens with zero attached hydrogens (tertiary/aromatic N) is 2. The average molecular weight is 364 g/mol. The molecule has 1 amide bonds. The first-order valence-electron chi connectivity index (χ1n) is 9.98. The van der Waals surface area contributed by atoms with Gasteiger partial charge in [-0.25, -0.2) is 4.98 Å². The summed E-state index contributed by atoms with van der Waals surface area (Å²) in [5, 5.41) is 3.04. The van der Waals surface area contributed by atoms with Gasteiger partial charge in [-0.3, -0.25) is 4.79 Å².